The quantitative estimate of drug-likeness (QED) is 0.519. The summed E-state index contributed by atoms with van der Waals surface area (Å²) >= 11 is 9.33. The van der Waals surface area contributed by atoms with Gasteiger partial charge in [0.2, 0.25) is 5.91 Å². The Hall–Kier alpha value is -2.38. The lowest BCUT2D eigenvalue weighted by Crippen LogP contribution is -2.21. The van der Waals surface area contributed by atoms with Crippen LogP contribution >= 0.6 is 27.5 Å². The minimum absolute atomic E-state index is 0.0532. The van der Waals surface area contributed by atoms with Crippen molar-refractivity contribution in [1.29, 1.82) is 0 Å². The van der Waals surface area contributed by atoms with Crippen LogP contribution in [0, 0.1) is 13.8 Å². The molecule has 2 N–H and O–H groups in total. The first-order valence-corrected chi connectivity index (χ1v) is 10.2. The van der Waals surface area contributed by atoms with Gasteiger partial charge in [-0.15, -0.1) is 0 Å². The number of nitrogens with one attached hydrogen (secondary N) is 2. The molecule has 0 aliphatic heterocycles. The van der Waals surface area contributed by atoms with E-state index in [0.29, 0.717) is 17.1 Å². The van der Waals surface area contributed by atoms with Crippen LogP contribution in [0.3, 0.4) is 0 Å². The van der Waals surface area contributed by atoms with Crippen LogP contribution < -0.4 is 10.6 Å². The van der Waals surface area contributed by atoms with Crippen LogP contribution in [0.4, 0.5) is 11.4 Å². The zero-order chi connectivity index (χ0) is 21.4. The fourth-order valence-electron chi connectivity index (χ4n) is 2.50. The maximum atomic E-state index is 12.0. The van der Waals surface area contributed by atoms with Gasteiger partial charge in [0.05, 0.1) is 5.02 Å². The predicted molar refractivity (Wildman–Crippen MR) is 117 cm³/mol. The number of hydrogen-bond acceptors (Lipinski definition) is 4. The van der Waals surface area contributed by atoms with E-state index >= 15 is 0 Å². The van der Waals surface area contributed by atoms with Gasteiger partial charge in [-0.1, -0.05) is 29.8 Å². The van der Waals surface area contributed by atoms with Gasteiger partial charge >= 0.3 is 5.97 Å². The molecule has 0 aromatic heterocycles. The molecule has 0 spiro atoms. The predicted octanol–water partition coefficient (Wildman–Crippen LogP) is 5.01. The van der Waals surface area contributed by atoms with E-state index in [0.717, 1.165) is 21.3 Å². The first-order valence-electron chi connectivity index (χ1n) is 9.03. The zero-order valence-corrected chi connectivity index (χ0v) is 18.5. The van der Waals surface area contributed by atoms with Crippen LogP contribution in [0.5, 0.6) is 0 Å². The number of para-hydroxylation sites is 1. The maximum absolute atomic E-state index is 12.0. The SMILES string of the molecule is Cc1ccccc1NC(=O)CCCC(=O)OCC(=O)Nc1cc(Cl)c(Br)cc1C. The van der Waals surface area contributed by atoms with Crippen LogP contribution in [-0.4, -0.2) is 24.4 Å². The van der Waals surface area contributed by atoms with E-state index in [1.54, 1.807) is 12.1 Å². The standard InChI is InChI=1S/C21H22BrClN2O4/c1-13-6-3-4-7-17(13)24-19(26)8-5-9-21(28)29-12-20(27)25-18-11-16(23)15(22)10-14(18)2/h3-4,6-7,10-11H,5,8-9,12H2,1-2H3,(H,24,26)(H,25,27). The summed E-state index contributed by atoms with van der Waals surface area (Å²) in [5.74, 6) is -1.17. The van der Waals surface area contributed by atoms with Crippen molar-refractivity contribution in [1.82, 2.24) is 0 Å². The summed E-state index contributed by atoms with van der Waals surface area (Å²) in [4.78, 5) is 35.7. The van der Waals surface area contributed by atoms with E-state index in [9.17, 15) is 14.4 Å². The summed E-state index contributed by atoms with van der Waals surface area (Å²) in [7, 11) is 0. The molecule has 0 fully saturated rings. The fraction of sp³-hybridized carbons (Fsp3) is 0.286. The second-order valence-electron chi connectivity index (χ2n) is 6.51. The minimum atomic E-state index is -0.533. The molecule has 154 valence electrons. The van der Waals surface area contributed by atoms with Crippen molar-refractivity contribution in [3.63, 3.8) is 0 Å². The van der Waals surface area contributed by atoms with Crippen LogP contribution in [0.25, 0.3) is 0 Å². The van der Waals surface area contributed by atoms with Gasteiger partial charge < -0.3 is 15.4 Å². The third-order valence-electron chi connectivity index (χ3n) is 4.11. The molecule has 29 heavy (non-hydrogen) atoms. The summed E-state index contributed by atoms with van der Waals surface area (Å²) < 4.78 is 5.69. The Labute approximate surface area is 183 Å². The number of ether oxygens (including phenoxy) is 1. The van der Waals surface area contributed by atoms with Crippen molar-refractivity contribution in [3.05, 3.63) is 57.0 Å². The van der Waals surface area contributed by atoms with E-state index in [1.807, 2.05) is 38.1 Å². The van der Waals surface area contributed by atoms with Crippen molar-refractivity contribution >= 4 is 56.7 Å². The minimum Gasteiger partial charge on any atom is -0.456 e. The van der Waals surface area contributed by atoms with Gasteiger partial charge in [-0.3, -0.25) is 14.4 Å². The van der Waals surface area contributed by atoms with Gasteiger partial charge in [-0.2, -0.15) is 0 Å². The first kappa shape index (κ1) is 22.9. The normalized spacial score (nSPS) is 10.3. The number of carbonyl (C=O) groups excluding carboxylic acids is 3. The summed E-state index contributed by atoms with van der Waals surface area (Å²) in [6, 6.07) is 10.9. The highest BCUT2D eigenvalue weighted by Gasteiger charge is 2.12. The van der Waals surface area contributed by atoms with Crippen molar-refractivity contribution in [2.45, 2.75) is 33.1 Å². The van der Waals surface area contributed by atoms with Crippen LogP contribution in [0.15, 0.2) is 40.9 Å². The van der Waals surface area contributed by atoms with Gasteiger partial charge in [-0.05, 0) is 65.5 Å². The molecule has 0 heterocycles. The van der Waals surface area contributed by atoms with Gasteiger partial charge in [-0.25, -0.2) is 0 Å². The van der Waals surface area contributed by atoms with Crippen molar-refractivity contribution in [3.8, 4) is 0 Å². The van der Waals surface area contributed by atoms with Gasteiger partial charge in [0.15, 0.2) is 6.61 Å². The van der Waals surface area contributed by atoms with Gasteiger partial charge in [0, 0.05) is 28.7 Å². The monoisotopic (exact) mass is 480 g/mol. The molecule has 6 nitrogen and oxygen atoms in total. The van der Waals surface area contributed by atoms with Crippen LogP contribution in [0.2, 0.25) is 5.02 Å². The molecule has 2 rings (SSSR count). The number of rotatable bonds is 8. The molecule has 2 aromatic rings. The van der Waals surface area contributed by atoms with Gasteiger partial charge in [0.25, 0.3) is 5.91 Å². The number of aryl methyl sites for hydroxylation is 2. The molecule has 0 atom stereocenters. The lowest BCUT2D eigenvalue weighted by molar-refractivity contribution is -0.147. The molecule has 0 unspecified atom stereocenters. The Bertz CT molecular complexity index is 918. The Morgan fingerprint density at radius 1 is 0.966 bits per heavy atom. The van der Waals surface area contributed by atoms with Crippen LogP contribution in [-0.2, 0) is 19.1 Å². The molecule has 2 amide bonds. The van der Waals surface area contributed by atoms with Crippen LogP contribution in [0.1, 0.15) is 30.4 Å². The van der Waals surface area contributed by atoms with Crippen molar-refractivity contribution in [2.75, 3.05) is 17.2 Å². The number of esters is 1. The molecule has 8 heteroatoms. The Morgan fingerprint density at radius 2 is 1.66 bits per heavy atom. The highest BCUT2D eigenvalue weighted by atomic mass is 79.9. The van der Waals surface area contributed by atoms with E-state index < -0.39 is 18.5 Å². The molecule has 2 aromatic carbocycles. The van der Waals surface area contributed by atoms with Crippen molar-refractivity contribution < 1.29 is 19.1 Å². The zero-order valence-electron chi connectivity index (χ0n) is 16.2. The number of hydrogen-bond donors (Lipinski definition) is 2. The highest BCUT2D eigenvalue weighted by molar-refractivity contribution is 9.10. The molecule has 0 aliphatic carbocycles. The van der Waals surface area contributed by atoms with E-state index in [1.165, 1.54) is 0 Å². The summed E-state index contributed by atoms with van der Waals surface area (Å²) in [5, 5.41) is 5.93. The largest absolute Gasteiger partial charge is 0.456 e. The van der Waals surface area contributed by atoms with E-state index in [2.05, 4.69) is 26.6 Å². The smallest absolute Gasteiger partial charge is 0.306 e. The highest BCUT2D eigenvalue weighted by Crippen LogP contribution is 2.28. The summed E-state index contributed by atoms with van der Waals surface area (Å²) in [6.07, 6.45) is 0.573. The van der Waals surface area contributed by atoms with Crippen molar-refractivity contribution in [2.24, 2.45) is 0 Å². The van der Waals surface area contributed by atoms with E-state index in [-0.39, 0.29) is 18.7 Å². The average Bonchev–Trinajstić information content (AvgIpc) is 2.66. The summed E-state index contributed by atoms with van der Waals surface area (Å²) in [5.41, 5.74) is 3.08. The molecule has 0 saturated carbocycles. The fourth-order valence-corrected chi connectivity index (χ4v) is 3.13. The molecule has 0 saturated heterocycles. The molecular weight excluding hydrogens is 460 g/mol. The van der Waals surface area contributed by atoms with Gasteiger partial charge in [0.1, 0.15) is 0 Å². The Morgan fingerprint density at radius 3 is 2.38 bits per heavy atom. The third-order valence-corrected chi connectivity index (χ3v) is 5.31. The number of amides is 2. The maximum Gasteiger partial charge on any atom is 0.306 e. The second-order valence-corrected chi connectivity index (χ2v) is 7.77. The number of halogens is 2. The number of anilines is 2. The molecule has 0 bridgehead atoms. The molecular formula is C21H22BrClN2O4. The second kappa shape index (κ2) is 11.0. The topological polar surface area (TPSA) is 84.5 Å². The average molecular weight is 482 g/mol. The third kappa shape index (κ3) is 7.51. The molecule has 0 radical (unpaired) electrons. The number of benzene rings is 2. The molecule has 0 aliphatic rings. The lowest BCUT2D eigenvalue weighted by atomic mass is 10.2. The number of carbonyl (C=O) groups is 3. The Kier molecular flexibility index (Phi) is 8.67. The Balaban J connectivity index is 1.69. The summed E-state index contributed by atoms with van der Waals surface area (Å²) in [6.45, 7) is 3.33. The first-order chi connectivity index (χ1) is 13.8. The van der Waals surface area contributed by atoms with E-state index in [4.69, 9.17) is 16.3 Å². The lowest BCUT2D eigenvalue weighted by Gasteiger charge is -2.10.